The van der Waals surface area contributed by atoms with E-state index in [-0.39, 0.29) is 22.8 Å². The molecule has 4 aliphatic carbocycles. The Balaban J connectivity index is 1.71. The third-order valence-electron chi connectivity index (χ3n) is 6.77. The Morgan fingerprint density at radius 2 is 2.13 bits per heavy atom. The fourth-order valence-corrected chi connectivity index (χ4v) is 5.54. The Hall–Kier alpha value is -1.91. The Bertz CT molecular complexity index is 689. The summed E-state index contributed by atoms with van der Waals surface area (Å²) in [6, 6.07) is 0. The number of hydrogen-bond donors (Lipinski definition) is 1. The third kappa shape index (κ3) is 1.95. The number of hydrogen-bond acceptors (Lipinski definition) is 4. The first-order valence-corrected chi connectivity index (χ1v) is 8.42. The SMILES string of the molecule is C[C@]12CC[C@H]3[C@@H](CC=C4C=C(O)C([N+](=O)[O-])=C[C@@H]43)[C@@H]1CCC2=O. The summed E-state index contributed by atoms with van der Waals surface area (Å²) in [6.07, 6.45) is 9.69. The highest BCUT2D eigenvalue weighted by Gasteiger charge is 2.55. The topological polar surface area (TPSA) is 80.4 Å². The van der Waals surface area contributed by atoms with Crippen molar-refractivity contribution in [2.24, 2.45) is 29.1 Å². The summed E-state index contributed by atoms with van der Waals surface area (Å²) >= 11 is 0. The fourth-order valence-electron chi connectivity index (χ4n) is 5.54. The standard InChI is InChI=1S/C18H21NO4/c1-18-7-6-11-12(14(18)4-5-17(18)21)3-2-10-8-16(20)15(19(22)23)9-13(10)11/h2,8-9,11-14,20H,3-7H2,1H3/t11-,12+,13-,14-,18-/m0/s1. The van der Waals surface area contributed by atoms with Gasteiger partial charge in [0.1, 0.15) is 5.78 Å². The van der Waals surface area contributed by atoms with Crippen LogP contribution in [0.1, 0.15) is 39.0 Å². The molecule has 0 radical (unpaired) electrons. The Morgan fingerprint density at radius 3 is 2.87 bits per heavy atom. The molecular weight excluding hydrogens is 294 g/mol. The van der Waals surface area contributed by atoms with Gasteiger partial charge in [-0.25, -0.2) is 0 Å². The Kier molecular flexibility index (Phi) is 3.06. The molecule has 2 saturated carbocycles. The summed E-state index contributed by atoms with van der Waals surface area (Å²) in [5.74, 6) is 1.33. The number of aliphatic hydroxyl groups is 1. The molecule has 0 amide bonds. The second-order valence-corrected chi connectivity index (χ2v) is 7.66. The molecule has 1 N–H and O–H groups in total. The van der Waals surface area contributed by atoms with E-state index in [0.717, 1.165) is 31.3 Å². The number of carbonyl (C=O) groups is 1. The number of aliphatic hydroxyl groups excluding tert-OH is 1. The molecule has 5 nitrogen and oxygen atoms in total. The van der Waals surface area contributed by atoms with Crippen LogP contribution < -0.4 is 0 Å². The number of nitro groups is 1. The van der Waals surface area contributed by atoms with Crippen LogP contribution in [0.2, 0.25) is 0 Å². The van der Waals surface area contributed by atoms with Gasteiger partial charge in [0.15, 0.2) is 5.76 Å². The molecule has 0 heterocycles. The van der Waals surface area contributed by atoms with Gasteiger partial charge in [0.25, 0.3) is 0 Å². The van der Waals surface area contributed by atoms with Gasteiger partial charge in [-0.2, -0.15) is 0 Å². The summed E-state index contributed by atoms with van der Waals surface area (Å²) in [6.45, 7) is 2.12. The van der Waals surface area contributed by atoms with Crippen molar-refractivity contribution >= 4 is 5.78 Å². The van der Waals surface area contributed by atoms with E-state index in [0.29, 0.717) is 30.0 Å². The van der Waals surface area contributed by atoms with Crippen molar-refractivity contribution in [3.05, 3.63) is 45.4 Å². The Morgan fingerprint density at radius 1 is 1.35 bits per heavy atom. The average Bonchev–Trinajstić information content (AvgIpc) is 2.81. The maximum atomic E-state index is 12.3. The predicted molar refractivity (Wildman–Crippen MR) is 84.0 cm³/mol. The van der Waals surface area contributed by atoms with Gasteiger partial charge in [0.2, 0.25) is 0 Å². The minimum Gasteiger partial charge on any atom is -0.502 e. The lowest BCUT2D eigenvalue weighted by Crippen LogP contribution is -2.45. The normalized spacial score (nSPS) is 42.0. The van der Waals surface area contributed by atoms with Crippen molar-refractivity contribution in [3.63, 3.8) is 0 Å². The van der Waals surface area contributed by atoms with Gasteiger partial charge < -0.3 is 5.11 Å². The van der Waals surface area contributed by atoms with Crippen molar-refractivity contribution in [3.8, 4) is 0 Å². The van der Waals surface area contributed by atoms with Crippen LogP contribution in [0, 0.1) is 39.2 Å². The van der Waals surface area contributed by atoms with Gasteiger partial charge in [-0.1, -0.05) is 13.0 Å². The second-order valence-electron chi connectivity index (χ2n) is 7.66. The van der Waals surface area contributed by atoms with Crippen LogP contribution in [0.4, 0.5) is 0 Å². The lowest BCUT2D eigenvalue weighted by Gasteiger charge is -2.49. The second kappa shape index (κ2) is 4.79. The zero-order valence-electron chi connectivity index (χ0n) is 13.2. The maximum Gasteiger partial charge on any atom is 0.307 e. The zero-order chi connectivity index (χ0) is 16.4. The van der Waals surface area contributed by atoms with E-state index in [9.17, 15) is 20.0 Å². The average molecular weight is 315 g/mol. The molecule has 0 bridgehead atoms. The molecule has 0 aromatic heterocycles. The lowest BCUT2D eigenvalue weighted by molar-refractivity contribution is -0.424. The summed E-state index contributed by atoms with van der Waals surface area (Å²) in [7, 11) is 0. The van der Waals surface area contributed by atoms with Crippen LogP contribution in [-0.4, -0.2) is 15.8 Å². The molecule has 2 fully saturated rings. The van der Waals surface area contributed by atoms with E-state index in [2.05, 4.69) is 13.0 Å². The highest BCUT2D eigenvalue weighted by Crippen LogP contribution is 2.59. The first-order chi connectivity index (χ1) is 10.9. The van der Waals surface area contributed by atoms with Crippen molar-refractivity contribution in [1.29, 1.82) is 0 Å². The molecule has 5 atom stereocenters. The molecular formula is C18H21NO4. The number of carbonyl (C=O) groups excluding carboxylic acids is 1. The molecule has 0 spiro atoms. The van der Waals surface area contributed by atoms with Gasteiger partial charge in [-0.15, -0.1) is 0 Å². The molecule has 0 unspecified atom stereocenters. The number of ketones is 1. The molecule has 0 aliphatic heterocycles. The quantitative estimate of drug-likeness (QED) is 0.592. The van der Waals surface area contributed by atoms with Gasteiger partial charge in [0, 0.05) is 23.8 Å². The van der Waals surface area contributed by atoms with E-state index < -0.39 is 4.92 Å². The number of nitrogens with zero attached hydrogens (tertiary/aromatic N) is 1. The minimum atomic E-state index is -0.502. The highest BCUT2D eigenvalue weighted by molar-refractivity contribution is 5.87. The molecule has 0 aromatic rings. The van der Waals surface area contributed by atoms with Crippen LogP contribution in [-0.2, 0) is 4.79 Å². The minimum absolute atomic E-state index is 0.00491. The van der Waals surface area contributed by atoms with E-state index >= 15 is 0 Å². The lowest BCUT2D eigenvalue weighted by atomic mass is 9.54. The van der Waals surface area contributed by atoms with Crippen molar-refractivity contribution in [2.45, 2.75) is 39.0 Å². The first-order valence-electron chi connectivity index (χ1n) is 8.42. The summed E-state index contributed by atoms with van der Waals surface area (Å²) < 4.78 is 0. The zero-order valence-corrected chi connectivity index (χ0v) is 13.2. The summed E-state index contributed by atoms with van der Waals surface area (Å²) in [4.78, 5) is 23.0. The van der Waals surface area contributed by atoms with Crippen LogP contribution in [0.25, 0.3) is 0 Å². The third-order valence-corrected chi connectivity index (χ3v) is 6.77. The van der Waals surface area contributed by atoms with Crippen LogP contribution in [0.5, 0.6) is 0 Å². The van der Waals surface area contributed by atoms with Crippen molar-refractivity contribution in [1.82, 2.24) is 0 Å². The molecule has 23 heavy (non-hydrogen) atoms. The number of Topliss-reactive ketones (excluding diaryl/α,β-unsaturated/α-hetero) is 1. The number of rotatable bonds is 1. The fraction of sp³-hybridized carbons (Fsp3) is 0.611. The maximum absolute atomic E-state index is 12.3. The van der Waals surface area contributed by atoms with E-state index in [1.165, 1.54) is 0 Å². The van der Waals surface area contributed by atoms with Gasteiger partial charge >= 0.3 is 5.70 Å². The number of fused-ring (bicyclic) bond motifs is 5. The van der Waals surface area contributed by atoms with Gasteiger partial charge in [-0.3, -0.25) is 14.9 Å². The van der Waals surface area contributed by atoms with Crippen LogP contribution in [0.15, 0.2) is 35.3 Å². The highest BCUT2D eigenvalue weighted by atomic mass is 16.6. The van der Waals surface area contributed by atoms with Crippen molar-refractivity contribution in [2.75, 3.05) is 0 Å². The van der Waals surface area contributed by atoms with E-state index in [4.69, 9.17) is 0 Å². The van der Waals surface area contributed by atoms with Gasteiger partial charge in [-0.05, 0) is 55.1 Å². The smallest absolute Gasteiger partial charge is 0.307 e. The van der Waals surface area contributed by atoms with E-state index in [1.54, 1.807) is 12.2 Å². The van der Waals surface area contributed by atoms with Gasteiger partial charge in [0.05, 0.1) is 4.92 Å². The number of allylic oxidation sites excluding steroid dienone is 4. The molecule has 5 heteroatoms. The Labute approximate surface area is 134 Å². The molecule has 4 aliphatic rings. The summed E-state index contributed by atoms with van der Waals surface area (Å²) in [5.41, 5.74) is 0.639. The molecule has 4 rings (SSSR count). The van der Waals surface area contributed by atoms with Crippen LogP contribution in [0.3, 0.4) is 0 Å². The van der Waals surface area contributed by atoms with Crippen molar-refractivity contribution < 1.29 is 14.8 Å². The summed E-state index contributed by atoms with van der Waals surface area (Å²) in [5, 5.41) is 21.0. The monoisotopic (exact) mass is 315 g/mol. The predicted octanol–water partition coefficient (Wildman–Crippen LogP) is 3.56. The van der Waals surface area contributed by atoms with E-state index in [1.807, 2.05) is 0 Å². The van der Waals surface area contributed by atoms with Crippen LogP contribution >= 0.6 is 0 Å². The first kappa shape index (κ1) is 14.7. The molecule has 0 aromatic carbocycles. The largest absolute Gasteiger partial charge is 0.502 e. The molecule has 122 valence electrons. The molecule has 0 saturated heterocycles.